The van der Waals surface area contributed by atoms with Gasteiger partial charge in [0.25, 0.3) is 5.91 Å². The van der Waals surface area contributed by atoms with Crippen LogP contribution in [-0.2, 0) is 6.54 Å². The van der Waals surface area contributed by atoms with Gasteiger partial charge < -0.3 is 29.2 Å². The Bertz CT molecular complexity index is 1610. The number of carbonyl (C=O) groups is 1. The van der Waals surface area contributed by atoms with E-state index in [2.05, 4.69) is 5.10 Å². The molecule has 0 aliphatic carbocycles. The van der Waals surface area contributed by atoms with Crippen LogP contribution >= 0.6 is 0 Å². The van der Waals surface area contributed by atoms with E-state index in [0.717, 1.165) is 0 Å². The third-order valence-electron chi connectivity index (χ3n) is 6.58. The minimum atomic E-state index is -0.388. The molecular formula is C28H22N2O7. The summed E-state index contributed by atoms with van der Waals surface area (Å²) in [6, 6.07) is 15.6. The van der Waals surface area contributed by atoms with Crippen LogP contribution in [-0.4, -0.2) is 48.4 Å². The van der Waals surface area contributed by atoms with Crippen molar-refractivity contribution < 1.29 is 34.0 Å². The van der Waals surface area contributed by atoms with E-state index in [4.69, 9.17) is 18.9 Å². The van der Waals surface area contributed by atoms with Gasteiger partial charge in [-0.25, -0.2) is 5.01 Å². The highest BCUT2D eigenvalue weighted by atomic mass is 16.7. The number of benzene rings is 4. The first kappa shape index (κ1) is 22.5. The van der Waals surface area contributed by atoms with Crippen LogP contribution in [0.25, 0.3) is 21.9 Å². The molecule has 2 heterocycles. The average molecular weight is 498 g/mol. The van der Waals surface area contributed by atoms with Crippen LogP contribution in [0, 0.1) is 0 Å². The predicted octanol–water partition coefficient (Wildman–Crippen LogP) is 4.65. The summed E-state index contributed by atoms with van der Waals surface area (Å²) in [5.41, 5.74) is 2.54. The molecule has 6 rings (SSSR count). The molecule has 9 heteroatoms. The first-order chi connectivity index (χ1) is 18.0. The number of aromatic hydroxyl groups is 2. The van der Waals surface area contributed by atoms with E-state index < -0.39 is 0 Å². The molecule has 2 N–H and O–H groups in total. The lowest BCUT2D eigenvalue weighted by Gasteiger charge is -2.17. The van der Waals surface area contributed by atoms with E-state index >= 15 is 0 Å². The fourth-order valence-corrected chi connectivity index (χ4v) is 4.76. The molecule has 4 aromatic rings. The van der Waals surface area contributed by atoms with Crippen LogP contribution in [0.5, 0.6) is 34.5 Å². The molecule has 0 spiro atoms. The van der Waals surface area contributed by atoms with E-state index in [1.807, 2.05) is 12.1 Å². The summed E-state index contributed by atoms with van der Waals surface area (Å²) in [6.07, 6.45) is 1.42. The van der Waals surface area contributed by atoms with Crippen molar-refractivity contribution in [2.45, 2.75) is 6.54 Å². The van der Waals surface area contributed by atoms with Crippen molar-refractivity contribution in [1.29, 1.82) is 0 Å². The smallest absolute Gasteiger partial charge is 0.275 e. The van der Waals surface area contributed by atoms with E-state index in [0.29, 0.717) is 61.6 Å². The largest absolute Gasteiger partial charge is 0.507 e. The Labute approximate surface area is 211 Å². The number of ether oxygens (including phenoxy) is 4. The van der Waals surface area contributed by atoms with E-state index in [1.165, 1.54) is 25.4 Å². The Morgan fingerprint density at radius 2 is 1.65 bits per heavy atom. The second-order valence-corrected chi connectivity index (χ2v) is 8.56. The Balaban J connectivity index is 1.57. The highest BCUT2D eigenvalue weighted by molar-refractivity contribution is 6.15. The van der Waals surface area contributed by atoms with Gasteiger partial charge in [0.15, 0.2) is 23.0 Å². The molecular weight excluding hydrogens is 476 g/mol. The molecule has 2 aliphatic rings. The topological polar surface area (TPSA) is 110 Å². The van der Waals surface area contributed by atoms with Crippen LogP contribution in [0.3, 0.4) is 0 Å². The number of hydrogen-bond acceptors (Lipinski definition) is 8. The molecule has 0 atom stereocenters. The summed E-state index contributed by atoms with van der Waals surface area (Å²) in [7, 11) is 3.05. The standard InChI is InChI=1S/C28H22N2O7/c1-34-22-10-17-18(11-23(22)35-2)27(32)19-13-30(29-12-16-5-3-4-6-20(16)31)28(33)26(19)25(17)15-7-8-21-24(9-15)37-14-36-21/h3-12,31-32H,13-14H2,1-2H3/b29-12+. The van der Waals surface area contributed by atoms with Gasteiger partial charge in [-0.1, -0.05) is 18.2 Å². The summed E-state index contributed by atoms with van der Waals surface area (Å²) in [5, 5.41) is 28.1. The molecule has 1 amide bonds. The molecule has 0 saturated heterocycles. The summed E-state index contributed by atoms with van der Waals surface area (Å²) < 4.78 is 22.0. The van der Waals surface area contributed by atoms with Crippen LogP contribution < -0.4 is 18.9 Å². The van der Waals surface area contributed by atoms with Crippen molar-refractivity contribution in [3.63, 3.8) is 0 Å². The Morgan fingerprint density at radius 3 is 2.41 bits per heavy atom. The molecule has 0 fully saturated rings. The van der Waals surface area contributed by atoms with Gasteiger partial charge in [-0.2, -0.15) is 5.10 Å². The zero-order valence-corrected chi connectivity index (χ0v) is 20.0. The van der Waals surface area contributed by atoms with Crippen molar-refractivity contribution in [3.05, 3.63) is 71.3 Å². The second kappa shape index (κ2) is 8.63. The van der Waals surface area contributed by atoms with Gasteiger partial charge >= 0.3 is 0 Å². The molecule has 37 heavy (non-hydrogen) atoms. The molecule has 4 aromatic carbocycles. The third-order valence-corrected chi connectivity index (χ3v) is 6.58. The molecule has 0 radical (unpaired) electrons. The lowest BCUT2D eigenvalue weighted by molar-refractivity contribution is 0.0785. The lowest BCUT2D eigenvalue weighted by Crippen LogP contribution is -2.18. The van der Waals surface area contributed by atoms with Gasteiger partial charge in [-0.3, -0.25) is 4.79 Å². The van der Waals surface area contributed by atoms with Crippen LogP contribution in [0.2, 0.25) is 0 Å². The normalized spacial score (nSPS) is 14.0. The van der Waals surface area contributed by atoms with E-state index in [9.17, 15) is 15.0 Å². The molecule has 2 aliphatic heterocycles. The molecule has 0 saturated carbocycles. The van der Waals surface area contributed by atoms with Gasteiger partial charge in [-0.05, 0) is 47.3 Å². The third kappa shape index (κ3) is 3.55. The Kier molecular flexibility index (Phi) is 5.26. The SMILES string of the molecule is COc1cc2c(O)c3c(c(-c4ccc5c(c4)OCO5)c2cc1OC)C(=O)N(/N=C/c1ccccc1O)C3. The van der Waals surface area contributed by atoms with Crippen LogP contribution in [0.4, 0.5) is 0 Å². The van der Waals surface area contributed by atoms with Gasteiger partial charge in [0.2, 0.25) is 6.79 Å². The number of fused-ring (bicyclic) bond motifs is 3. The Hall–Kier alpha value is -4.92. The van der Waals surface area contributed by atoms with Gasteiger partial charge in [0, 0.05) is 22.1 Å². The lowest BCUT2D eigenvalue weighted by atomic mass is 9.89. The van der Waals surface area contributed by atoms with Crippen molar-refractivity contribution >= 4 is 22.9 Å². The number of carbonyl (C=O) groups excluding carboxylic acids is 1. The highest BCUT2D eigenvalue weighted by Gasteiger charge is 2.36. The fourth-order valence-electron chi connectivity index (χ4n) is 4.76. The van der Waals surface area contributed by atoms with Gasteiger partial charge in [0.1, 0.15) is 11.5 Å². The minimum absolute atomic E-state index is 0.0379. The van der Waals surface area contributed by atoms with Crippen molar-refractivity contribution in [2.75, 3.05) is 21.0 Å². The fraction of sp³-hybridized carbons (Fsp3) is 0.143. The summed E-state index contributed by atoms with van der Waals surface area (Å²) in [6.45, 7) is 0.165. The monoisotopic (exact) mass is 498 g/mol. The first-order valence-corrected chi connectivity index (χ1v) is 11.5. The van der Waals surface area contributed by atoms with E-state index in [1.54, 1.807) is 42.5 Å². The van der Waals surface area contributed by atoms with Crippen molar-refractivity contribution in [3.8, 4) is 45.6 Å². The number of phenolic OH excluding ortho intramolecular Hbond substituents is 2. The second-order valence-electron chi connectivity index (χ2n) is 8.56. The van der Waals surface area contributed by atoms with Crippen molar-refractivity contribution in [1.82, 2.24) is 5.01 Å². The number of hydrazone groups is 1. The highest BCUT2D eigenvalue weighted by Crippen LogP contribution is 2.49. The quantitative estimate of drug-likeness (QED) is 0.385. The Morgan fingerprint density at radius 1 is 0.919 bits per heavy atom. The summed E-state index contributed by atoms with van der Waals surface area (Å²) in [4.78, 5) is 13.7. The van der Waals surface area contributed by atoms with Crippen LogP contribution in [0.15, 0.2) is 59.7 Å². The maximum Gasteiger partial charge on any atom is 0.275 e. The summed E-state index contributed by atoms with van der Waals surface area (Å²) >= 11 is 0. The molecule has 0 aromatic heterocycles. The number of hydrogen-bond donors (Lipinski definition) is 2. The zero-order valence-electron chi connectivity index (χ0n) is 20.0. The number of para-hydroxylation sites is 1. The summed E-state index contributed by atoms with van der Waals surface area (Å²) in [5.74, 6) is 1.70. The molecule has 0 unspecified atom stereocenters. The zero-order chi connectivity index (χ0) is 25.7. The van der Waals surface area contributed by atoms with Crippen LogP contribution in [0.1, 0.15) is 21.5 Å². The van der Waals surface area contributed by atoms with Crippen molar-refractivity contribution in [2.24, 2.45) is 5.10 Å². The number of phenols is 2. The maximum atomic E-state index is 13.7. The molecule has 186 valence electrons. The minimum Gasteiger partial charge on any atom is -0.507 e. The number of nitrogens with zero attached hydrogens (tertiary/aromatic N) is 2. The predicted molar refractivity (Wildman–Crippen MR) is 136 cm³/mol. The maximum absolute atomic E-state index is 13.7. The average Bonchev–Trinajstić information content (AvgIpc) is 3.52. The number of amides is 1. The van der Waals surface area contributed by atoms with Gasteiger partial charge in [-0.15, -0.1) is 0 Å². The van der Waals surface area contributed by atoms with Gasteiger partial charge in [0.05, 0.1) is 32.5 Å². The number of methoxy groups -OCH3 is 2. The first-order valence-electron chi connectivity index (χ1n) is 11.5. The number of rotatable bonds is 5. The molecule has 0 bridgehead atoms. The molecule has 9 nitrogen and oxygen atoms in total. The van der Waals surface area contributed by atoms with E-state index in [-0.39, 0.29) is 30.7 Å².